The van der Waals surface area contributed by atoms with Gasteiger partial charge in [-0.25, -0.2) is 0 Å². The predicted octanol–water partition coefficient (Wildman–Crippen LogP) is 1.56. The zero-order valence-electron chi connectivity index (χ0n) is 8.46. The fourth-order valence-electron chi connectivity index (χ4n) is 1.70. The Morgan fingerprint density at radius 2 is 1.85 bits per heavy atom. The molecular formula is C11H17NO. The van der Waals surface area contributed by atoms with E-state index in [0.717, 1.165) is 0 Å². The Labute approximate surface area is 79.6 Å². The molecule has 1 rings (SSSR count). The van der Waals surface area contributed by atoms with Crippen molar-refractivity contribution in [3.63, 3.8) is 0 Å². The van der Waals surface area contributed by atoms with Crippen LogP contribution in [0.2, 0.25) is 0 Å². The van der Waals surface area contributed by atoms with E-state index in [1.807, 2.05) is 13.1 Å². The molecule has 0 spiro atoms. The molecule has 1 unspecified atom stereocenters. The molecule has 0 aromatic heterocycles. The lowest BCUT2D eigenvalue weighted by atomic mass is 9.97. The molecule has 0 aliphatic rings. The molecule has 0 radical (unpaired) electrons. The van der Waals surface area contributed by atoms with Gasteiger partial charge in [-0.3, -0.25) is 0 Å². The van der Waals surface area contributed by atoms with Crippen LogP contribution < -0.4 is 5.32 Å². The summed E-state index contributed by atoms with van der Waals surface area (Å²) >= 11 is 0. The summed E-state index contributed by atoms with van der Waals surface area (Å²) in [5.41, 5.74) is 3.68. The molecule has 72 valence electrons. The number of benzene rings is 1. The van der Waals surface area contributed by atoms with Crippen molar-refractivity contribution < 1.29 is 5.11 Å². The van der Waals surface area contributed by atoms with Crippen molar-refractivity contribution >= 4 is 0 Å². The SMILES string of the molecule is CNC(CO)c1c(C)cccc1C. The fraction of sp³-hybridized carbons (Fsp3) is 0.455. The van der Waals surface area contributed by atoms with Crippen molar-refractivity contribution in [3.05, 3.63) is 34.9 Å². The van der Waals surface area contributed by atoms with Gasteiger partial charge in [0, 0.05) is 0 Å². The number of rotatable bonds is 3. The Bertz CT molecular complexity index is 259. The van der Waals surface area contributed by atoms with Gasteiger partial charge in [0.25, 0.3) is 0 Å². The van der Waals surface area contributed by atoms with Gasteiger partial charge in [-0.1, -0.05) is 18.2 Å². The lowest BCUT2D eigenvalue weighted by molar-refractivity contribution is 0.250. The van der Waals surface area contributed by atoms with Crippen LogP contribution in [0.5, 0.6) is 0 Å². The lowest BCUT2D eigenvalue weighted by Crippen LogP contribution is -2.21. The maximum atomic E-state index is 9.17. The molecular weight excluding hydrogens is 162 g/mol. The molecule has 0 saturated heterocycles. The molecule has 0 amide bonds. The van der Waals surface area contributed by atoms with Gasteiger partial charge in [-0.05, 0) is 37.6 Å². The summed E-state index contributed by atoms with van der Waals surface area (Å²) in [6, 6.07) is 6.24. The maximum Gasteiger partial charge on any atom is 0.0626 e. The smallest absolute Gasteiger partial charge is 0.0626 e. The standard InChI is InChI=1S/C11H17NO/c1-8-5-4-6-9(2)11(8)10(7-13)12-3/h4-6,10,12-13H,7H2,1-3H3. The van der Waals surface area contributed by atoms with Crippen molar-refractivity contribution in [2.24, 2.45) is 0 Å². The highest BCUT2D eigenvalue weighted by Gasteiger charge is 2.12. The van der Waals surface area contributed by atoms with Crippen LogP contribution in [0.25, 0.3) is 0 Å². The molecule has 2 nitrogen and oxygen atoms in total. The number of aliphatic hydroxyl groups is 1. The molecule has 0 heterocycles. The number of aryl methyl sites for hydroxylation is 2. The highest BCUT2D eigenvalue weighted by atomic mass is 16.3. The van der Waals surface area contributed by atoms with E-state index in [2.05, 4.69) is 31.3 Å². The van der Waals surface area contributed by atoms with Crippen molar-refractivity contribution in [2.45, 2.75) is 19.9 Å². The average molecular weight is 179 g/mol. The highest BCUT2D eigenvalue weighted by molar-refractivity contribution is 5.36. The first kappa shape index (κ1) is 10.2. The second kappa shape index (κ2) is 4.40. The Morgan fingerprint density at radius 3 is 2.23 bits per heavy atom. The van der Waals surface area contributed by atoms with Crippen molar-refractivity contribution in [1.82, 2.24) is 5.32 Å². The van der Waals surface area contributed by atoms with Crippen LogP contribution in [0.15, 0.2) is 18.2 Å². The third-order valence-corrected chi connectivity index (χ3v) is 2.42. The Kier molecular flexibility index (Phi) is 3.46. The molecule has 1 aromatic carbocycles. The summed E-state index contributed by atoms with van der Waals surface area (Å²) in [7, 11) is 1.87. The topological polar surface area (TPSA) is 32.3 Å². The minimum Gasteiger partial charge on any atom is -0.394 e. The largest absolute Gasteiger partial charge is 0.394 e. The van der Waals surface area contributed by atoms with Crippen LogP contribution >= 0.6 is 0 Å². The summed E-state index contributed by atoms with van der Waals surface area (Å²) in [6.45, 7) is 4.28. The van der Waals surface area contributed by atoms with Crippen molar-refractivity contribution in [3.8, 4) is 0 Å². The summed E-state index contributed by atoms with van der Waals surface area (Å²) in [5, 5.41) is 12.3. The summed E-state index contributed by atoms with van der Waals surface area (Å²) in [4.78, 5) is 0. The van der Waals surface area contributed by atoms with Crippen LogP contribution in [0, 0.1) is 13.8 Å². The van der Waals surface area contributed by atoms with E-state index in [9.17, 15) is 0 Å². The Hall–Kier alpha value is -0.860. The summed E-state index contributed by atoms with van der Waals surface area (Å²) in [5.74, 6) is 0. The third kappa shape index (κ3) is 2.08. The number of aliphatic hydroxyl groups excluding tert-OH is 1. The minimum absolute atomic E-state index is 0.0567. The first-order valence-electron chi connectivity index (χ1n) is 4.55. The number of hydrogen-bond donors (Lipinski definition) is 2. The molecule has 2 heteroatoms. The van der Waals surface area contributed by atoms with E-state index >= 15 is 0 Å². The van der Waals surface area contributed by atoms with Crippen LogP contribution in [0.3, 0.4) is 0 Å². The quantitative estimate of drug-likeness (QED) is 0.738. The molecule has 2 N–H and O–H groups in total. The normalized spacial score (nSPS) is 12.9. The number of hydrogen-bond acceptors (Lipinski definition) is 2. The average Bonchev–Trinajstić information content (AvgIpc) is 2.11. The maximum absolute atomic E-state index is 9.17. The first-order chi connectivity index (χ1) is 6.20. The molecule has 0 aliphatic heterocycles. The van der Waals surface area contributed by atoms with Gasteiger partial charge in [0.05, 0.1) is 12.6 Å². The minimum atomic E-state index is 0.0567. The molecule has 1 aromatic rings. The number of likely N-dealkylation sites (N-methyl/N-ethyl adjacent to an activating group) is 1. The fourth-order valence-corrected chi connectivity index (χ4v) is 1.70. The van der Waals surface area contributed by atoms with Gasteiger partial charge in [0.15, 0.2) is 0 Å². The summed E-state index contributed by atoms with van der Waals surface area (Å²) in [6.07, 6.45) is 0. The zero-order valence-corrected chi connectivity index (χ0v) is 8.46. The third-order valence-electron chi connectivity index (χ3n) is 2.42. The molecule has 1 atom stereocenters. The Balaban J connectivity index is 3.10. The van der Waals surface area contributed by atoms with Gasteiger partial charge in [0.1, 0.15) is 0 Å². The predicted molar refractivity (Wildman–Crippen MR) is 54.8 cm³/mol. The molecule has 0 saturated carbocycles. The van der Waals surface area contributed by atoms with E-state index in [4.69, 9.17) is 5.11 Å². The molecule has 13 heavy (non-hydrogen) atoms. The monoisotopic (exact) mass is 179 g/mol. The molecule has 0 aliphatic carbocycles. The van der Waals surface area contributed by atoms with Crippen molar-refractivity contribution in [1.29, 1.82) is 0 Å². The Morgan fingerprint density at radius 1 is 1.31 bits per heavy atom. The van der Waals surface area contributed by atoms with Crippen molar-refractivity contribution in [2.75, 3.05) is 13.7 Å². The van der Waals surface area contributed by atoms with Gasteiger partial charge >= 0.3 is 0 Å². The molecule has 0 bridgehead atoms. The van der Waals surface area contributed by atoms with E-state index in [0.29, 0.717) is 0 Å². The number of nitrogens with one attached hydrogen (secondary N) is 1. The van der Waals surface area contributed by atoms with E-state index in [1.165, 1.54) is 16.7 Å². The van der Waals surface area contributed by atoms with Crippen LogP contribution in [-0.4, -0.2) is 18.8 Å². The van der Waals surface area contributed by atoms with E-state index < -0.39 is 0 Å². The van der Waals surface area contributed by atoms with Gasteiger partial charge in [-0.2, -0.15) is 0 Å². The second-order valence-corrected chi connectivity index (χ2v) is 3.33. The van der Waals surface area contributed by atoms with E-state index in [-0.39, 0.29) is 12.6 Å². The van der Waals surface area contributed by atoms with E-state index in [1.54, 1.807) is 0 Å². The van der Waals surface area contributed by atoms with Gasteiger partial charge in [-0.15, -0.1) is 0 Å². The second-order valence-electron chi connectivity index (χ2n) is 3.33. The summed E-state index contributed by atoms with van der Waals surface area (Å²) < 4.78 is 0. The van der Waals surface area contributed by atoms with Gasteiger partial charge in [0.2, 0.25) is 0 Å². The highest BCUT2D eigenvalue weighted by Crippen LogP contribution is 2.20. The first-order valence-corrected chi connectivity index (χ1v) is 4.55. The van der Waals surface area contributed by atoms with Gasteiger partial charge < -0.3 is 10.4 Å². The van der Waals surface area contributed by atoms with Crippen LogP contribution in [-0.2, 0) is 0 Å². The van der Waals surface area contributed by atoms with Crippen LogP contribution in [0.4, 0.5) is 0 Å². The zero-order chi connectivity index (χ0) is 9.84. The molecule has 0 fully saturated rings. The lowest BCUT2D eigenvalue weighted by Gasteiger charge is -2.18. The van der Waals surface area contributed by atoms with Crippen LogP contribution in [0.1, 0.15) is 22.7 Å².